The number of benzene rings is 1. The van der Waals surface area contributed by atoms with Crippen LogP contribution in [-0.2, 0) is 16.1 Å². The molecule has 162 valence electrons. The number of carbonyl (C=O) groups excluding carboxylic acids is 2. The van der Waals surface area contributed by atoms with Crippen molar-refractivity contribution in [2.45, 2.75) is 20.4 Å². The average Bonchev–Trinajstić information content (AvgIpc) is 3.13. The summed E-state index contributed by atoms with van der Waals surface area (Å²) < 4.78 is 11.1. The van der Waals surface area contributed by atoms with Crippen LogP contribution in [-0.4, -0.2) is 62.1 Å². The zero-order chi connectivity index (χ0) is 21.7. The summed E-state index contributed by atoms with van der Waals surface area (Å²) >= 11 is 1.49. The summed E-state index contributed by atoms with van der Waals surface area (Å²) in [4.78, 5) is 32.7. The standard InChI is InChI=1S/C20H27N5O4S/c1-13(26)22-16-5-6-17(28-3)19(29-4)18(16)25-9-7-24(8-10-25)12-15-11-21-20(30-15)23-14(2)27/h5-6,11H,7-10,12H2,1-4H3,(H,22,26)(H,21,23,27). The number of hydrogen-bond acceptors (Lipinski definition) is 8. The fourth-order valence-electron chi connectivity index (χ4n) is 3.45. The number of nitrogens with zero attached hydrogens (tertiary/aromatic N) is 3. The van der Waals surface area contributed by atoms with Gasteiger partial charge in [-0.1, -0.05) is 0 Å². The van der Waals surface area contributed by atoms with Crippen molar-refractivity contribution in [3.63, 3.8) is 0 Å². The first kappa shape index (κ1) is 21.8. The molecule has 0 aliphatic carbocycles. The van der Waals surface area contributed by atoms with E-state index in [0.717, 1.165) is 43.3 Å². The molecular formula is C20H27N5O4S. The molecule has 0 saturated carbocycles. The van der Waals surface area contributed by atoms with Gasteiger partial charge < -0.3 is 25.0 Å². The van der Waals surface area contributed by atoms with Crippen molar-refractivity contribution in [3.05, 3.63) is 23.2 Å². The number of aromatic nitrogens is 1. The van der Waals surface area contributed by atoms with Crippen molar-refractivity contribution in [3.8, 4) is 11.5 Å². The van der Waals surface area contributed by atoms with E-state index in [1.165, 1.54) is 25.2 Å². The fourth-order valence-corrected chi connectivity index (χ4v) is 4.36. The van der Waals surface area contributed by atoms with Crippen LogP contribution in [0.25, 0.3) is 0 Å². The van der Waals surface area contributed by atoms with Gasteiger partial charge in [0.15, 0.2) is 16.6 Å². The molecule has 1 aliphatic heterocycles. The number of piperazine rings is 1. The molecular weight excluding hydrogens is 406 g/mol. The zero-order valence-electron chi connectivity index (χ0n) is 17.7. The lowest BCUT2D eigenvalue weighted by Crippen LogP contribution is -2.46. The Morgan fingerprint density at radius 2 is 1.77 bits per heavy atom. The molecule has 10 heteroatoms. The van der Waals surface area contributed by atoms with Gasteiger partial charge in [0.1, 0.15) is 5.69 Å². The number of hydrogen-bond donors (Lipinski definition) is 2. The number of thiazole rings is 1. The lowest BCUT2D eigenvalue weighted by molar-refractivity contribution is -0.115. The Labute approximate surface area is 180 Å². The molecule has 2 aromatic rings. The smallest absolute Gasteiger partial charge is 0.223 e. The normalized spacial score (nSPS) is 14.3. The molecule has 2 heterocycles. The summed E-state index contributed by atoms with van der Waals surface area (Å²) in [7, 11) is 3.20. The number of methoxy groups -OCH3 is 2. The molecule has 0 unspecified atom stereocenters. The highest BCUT2D eigenvalue weighted by Crippen LogP contribution is 2.43. The topological polar surface area (TPSA) is 96.0 Å². The van der Waals surface area contributed by atoms with Gasteiger partial charge in [0.25, 0.3) is 0 Å². The summed E-state index contributed by atoms with van der Waals surface area (Å²) in [5, 5.41) is 6.24. The molecule has 1 aliphatic rings. The maximum atomic E-state index is 11.7. The van der Waals surface area contributed by atoms with Crippen LogP contribution in [0.4, 0.5) is 16.5 Å². The average molecular weight is 434 g/mol. The van der Waals surface area contributed by atoms with Crippen LogP contribution >= 0.6 is 11.3 Å². The van der Waals surface area contributed by atoms with Gasteiger partial charge in [-0.15, -0.1) is 11.3 Å². The highest BCUT2D eigenvalue weighted by Gasteiger charge is 2.25. The van der Waals surface area contributed by atoms with Crippen LogP contribution in [0.15, 0.2) is 18.3 Å². The Bertz CT molecular complexity index is 909. The molecule has 1 saturated heterocycles. The molecule has 0 bridgehead atoms. The first-order valence-electron chi connectivity index (χ1n) is 9.63. The van der Waals surface area contributed by atoms with E-state index in [4.69, 9.17) is 9.47 Å². The number of nitrogens with one attached hydrogen (secondary N) is 2. The van der Waals surface area contributed by atoms with Gasteiger partial charge in [0.05, 0.1) is 19.9 Å². The molecule has 1 aromatic carbocycles. The van der Waals surface area contributed by atoms with E-state index < -0.39 is 0 Å². The van der Waals surface area contributed by atoms with E-state index in [-0.39, 0.29) is 11.8 Å². The van der Waals surface area contributed by atoms with Crippen LogP contribution in [0.1, 0.15) is 18.7 Å². The van der Waals surface area contributed by atoms with Crippen molar-refractivity contribution >= 4 is 39.7 Å². The Morgan fingerprint density at radius 1 is 1.07 bits per heavy atom. The Morgan fingerprint density at radius 3 is 2.37 bits per heavy atom. The van der Waals surface area contributed by atoms with Crippen molar-refractivity contribution in [1.29, 1.82) is 0 Å². The van der Waals surface area contributed by atoms with Gasteiger partial charge in [-0.3, -0.25) is 14.5 Å². The van der Waals surface area contributed by atoms with Crippen LogP contribution in [0.2, 0.25) is 0 Å². The third-order valence-electron chi connectivity index (χ3n) is 4.73. The number of ether oxygens (including phenoxy) is 2. The van der Waals surface area contributed by atoms with Crippen molar-refractivity contribution in [2.75, 3.05) is 55.9 Å². The molecule has 1 aromatic heterocycles. The second-order valence-electron chi connectivity index (χ2n) is 6.95. The molecule has 0 radical (unpaired) electrons. The third-order valence-corrected chi connectivity index (χ3v) is 5.63. The van der Waals surface area contributed by atoms with Crippen molar-refractivity contribution in [2.24, 2.45) is 0 Å². The van der Waals surface area contributed by atoms with Gasteiger partial charge in [-0.25, -0.2) is 4.98 Å². The second-order valence-corrected chi connectivity index (χ2v) is 8.07. The monoisotopic (exact) mass is 433 g/mol. The first-order chi connectivity index (χ1) is 14.4. The van der Waals surface area contributed by atoms with Crippen molar-refractivity contribution in [1.82, 2.24) is 9.88 Å². The summed E-state index contributed by atoms with van der Waals surface area (Å²) in [5.74, 6) is 0.979. The fraction of sp³-hybridized carbons (Fsp3) is 0.450. The Balaban J connectivity index is 1.71. The molecule has 0 atom stereocenters. The van der Waals surface area contributed by atoms with E-state index >= 15 is 0 Å². The van der Waals surface area contributed by atoms with Crippen molar-refractivity contribution < 1.29 is 19.1 Å². The highest BCUT2D eigenvalue weighted by molar-refractivity contribution is 7.15. The van der Waals surface area contributed by atoms with Gasteiger partial charge >= 0.3 is 0 Å². The maximum Gasteiger partial charge on any atom is 0.223 e. The second kappa shape index (κ2) is 9.77. The summed E-state index contributed by atoms with van der Waals surface area (Å²) in [6, 6.07) is 3.63. The van der Waals surface area contributed by atoms with Crippen LogP contribution in [0, 0.1) is 0 Å². The summed E-state index contributed by atoms with van der Waals surface area (Å²) in [5.41, 5.74) is 1.54. The molecule has 2 N–H and O–H groups in total. The van der Waals surface area contributed by atoms with Gasteiger partial charge in [-0.05, 0) is 12.1 Å². The SMILES string of the molecule is COc1ccc(NC(C)=O)c(N2CCN(Cc3cnc(NC(C)=O)s3)CC2)c1OC. The number of carbonyl (C=O) groups is 2. The largest absolute Gasteiger partial charge is 0.493 e. The van der Waals surface area contributed by atoms with E-state index in [2.05, 4.69) is 25.4 Å². The Kier molecular flexibility index (Phi) is 7.11. The molecule has 2 amide bonds. The predicted molar refractivity (Wildman–Crippen MR) is 118 cm³/mol. The predicted octanol–water partition coefficient (Wildman–Crippen LogP) is 2.40. The number of rotatable bonds is 7. The zero-order valence-corrected chi connectivity index (χ0v) is 18.5. The van der Waals surface area contributed by atoms with Crippen LogP contribution in [0.3, 0.4) is 0 Å². The number of anilines is 3. The third kappa shape index (κ3) is 5.19. The lowest BCUT2D eigenvalue weighted by atomic mass is 10.1. The van der Waals surface area contributed by atoms with E-state index in [1.807, 2.05) is 12.3 Å². The minimum Gasteiger partial charge on any atom is -0.493 e. The summed E-state index contributed by atoms with van der Waals surface area (Å²) in [6.45, 7) is 6.96. The van der Waals surface area contributed by atoms with Crippen LogP contribution in [0.5, 0.6) is 11.5 Å². The molecule has 1 fully saturated rings. The first-order valence-corrected chi connectivity index (χ1v) is 10.4. The molecule has 0 spiro atoms. The summed E-state index contributed by atoms with van der Waals surface area (Å²) in [6.07, 6.45) is 1.81. The molecule has 30 heavy (non-hydrogen) atoms. The van der Waals surface area contributed by atoms with Crippen LogP contribution < -0.4 is 25.0 Å². The Hall–Kier alpha value is -2.85. The molecule has 9 nitrogen and oxygen atoms in total. The maximum absolute atomic E-state index is 11.7. The quantitative estimate of drug-likeness (QED) is 0.692. The van der Waals surface area contributed by atoms with Gasteiger partial charge in [0.2, 0.25) is 11.8 Å². The minimum atomic E-state index is -0.137. The van der Waals surface area contributed by atoms with Gasteiger partial charge in [-0.2, -0.15) is 0 Å². The molecule has 3 rings (SSSR count). The lowest BCUT2D eigenvalue weighted by Gasteiger charge is -2.37. The van der Waals surface area contributed by atoms with E-state index in [1.54, 1.807) is 20.3 Å². The van der Waals surface area contributed by atoms with E-state index in [0.29, 0.717) is 22.3 Å². The number of amides is 2. The van der Waals surface area contributed by atoms with Gasteiger partial charge in [0, 0.05) is 57.6 Å². The minimum absolute atomic E-state index is 0.119. The van der Waals surface area contributed by atoms with E-state index in [9.17, 15) is 9.59 Å². The highest BCUT2D eigenvalue weighted by atomic mass is 32.1.